The minimum Gasteiger partial charge on any atom is -0.469 e. The fraction of sp³-hybridized carbons (Fsp3) is 0.533. The number of nitrogens with one attached hydrogen (secondary N) is 1. The highest BCUT2D eigenvalue weighted by atomic mass is 32.2. The van der Waals surface area contributed by atoms with Crippen molar-refractivity contribution in [2.45, 2.75) is 43.5 Å². The van der Waals surface area contributed by atoms with E-state index in [2.05, 4.69) is 16.4 Å². The molecule has 0 radical (unpaired) electrons. The smallest absolute Gasteiger partial charge is 0.309 e. The molecule has 5 nitrogen and oxygen atoms in total. The fourth-order valence-electron chi connectivity index (χ4n) is 2.61. The van der Waals surface area contributed by atoms with Gasteiger partial charge >= 0.3 is 5.97 Å². The highest BCUT2D eigenvalue weighted by Crippen LogP contribution is 2.26. The maximum Gasteiger partial charge on any atom is 0.309 e. The lowest BCUT2D eigenvalue weighted by atomic mass is 10.1. The zero-order chi connectivity index (χ0) is 15.5. The zero-order valence-corrected chi connectivity index (χ0v) is 13.2. The highest BCUT2D eigenvalue weighted by molar-refractivity contribution is 7.89. The maximum absolute atomic E-state index is 12.3. The van der Waals surface area contributed by atoms with Gasteiger partial charge in [-0.25, -0.2) is 13.1 Å². The Morgan fingerprint density at radius 2 is 1.95 bits per heavy atom. The van der Waals surface area contributed by atoms with Gasteiger partial charge in [0.2, 0.25) is 10.0 Å². The van der Waals surface area contributed by atoms with Gasteiger partial charge in [0.25, 0.3) is 0 Å². The van der Waals surface area contributed by atoms with Crippen LogP contribution in [0.3, 0.4) is 0 Å². The largest absolute Gasteiger partial charge is 0.469 e. The van der Waals surface area contributed by atoms with Gasteiger partial charge in [-0.3, -0.25) is 4.79 Å². The molecule has 6 heteroatoms. The predicted octanol–water partition coefficient (Wildman–Crippen LogP) is 1.87. The van der Waals surface area contributed by atoms with E-state index in [1.165, 1.54) is 19.2 Å². The molecule has 1 aliphatic carbocycles. The van der Waals surface area contributed by atoms with Gasteiger partial charge in [-0.2, -0.15) is 0 Å². The van der Waals surface area contributed by atoms with Crippen molar-refractivity contribution in [1.29, 1.82) is 0 Å². The molecule has 0 bridgehead atoms. The molecule has 1 aromatic carbocycles. The van der Waals surface area contributed by atoms with Gasteiger partial charge < -0.3 is 4.74 Å². The average molecular weight is 311 g/mol. The van der Waals surface area contributed by atoms with Gasteiger partial charge in [-0.15, -0.1) is 0 Å². The summed E-state index contributed by atoms with van der Waals surface area (Å²) in [6.45, 7) is 2.07. The first-order valence-corrected chi connectivity index (χ1v) is 8.59. The third kappa shape index (κ3) is 4.04. The lowest BCUT2D eigenvalue weighted by molar-refractivity contribution is -0.139. The molecule has 1 aromatic rings. The average Bonchev–Trinajstić information content (AvgIpc) is 2.84. The number of hydrogen-bond donors (Lipinski definition) is 1. The number of sulfonamides is 1. The van der Waals surface area contributed by atoms with E-state index in [0.717, 1.165) is 24.8 Å². The number of esters is 1. The van der Waals surface area contributed by atoms with Crippen LogP contribution in [0.4, 0.5) is 0 Å². The van der Waals surface area contributed by atoms with E-state index in [9.17, 15) is 13.2 Å². The molecule has 0 saturated heterocycles. The maximum atomic E-state index is 12.3. The quantitative estimate of drug-likeness (QED) is 0.843. The number of methoxy groups -OCH3 is 1. The van der Waals surface area contributed by atoms with Gasteiger partial charge in [0.1, 0.15) is 0 Å². The van der Waals surface area contributed by atoms with E-state index >= 15 is 0 Å². The predicted molar refractivity (Wildman–Crippen MR) is 79.3 cm³/mol. The van der Waals surface area contributed by atoms with E-state index in [1.54, 1.807) is 12.1 Å². The Balaban J connectivity index is 2.08. The zero-order valence-electron chi connectivity index (χ0n) is 12.3. The molecule has 1 fully saturated rings. The summed E-state index contributed by atoms with van der Waals surface area (Å²) in [5.41, 5.74) is 0.732. The van der Waals surface area contributed by atoms with Crippen molar-refractivity contribution >= 4 is 16.0 Å². The Labute approximate surface area is 125 Å². The summed E-state index contributed by atoms with van der Waals surface area (Å²) in [6, 6.07) is 6.36. The molecule has 0 aromatic heterocycles. The first-order chi connectivity index (χ1) is 9.92. The molecule has 0 amide bonds. The number of hydrogen-bond acceptors (Lipinski definition) is 4. The lowest BCUT2D eigenvalue weighted by Gasteiger charge is -2.17. The van der Waals surface area contributed by atoms with Gasteiger partial charge in [-0.05, 0) is 36.5 Å². The van der Waals surface area contributed by atoms with E-state index in [4.69, 9.17) is 0 Å². The lowest BCUT2D eigenvalue weighted by Crippen LogP contribution is -2.36. The monoisotopic (exact) mass is 311 g/mol. The van der Waals surface area contributed by atoms with Crippen molar-refractivity contribution in [3.05, 3.63) is 29.8 Å². The molecular formula is C15H21NO4S. The second-order valence-corrected chi connectivity index (χ2v) is 7.25. The van der Waals surface area contributed by atoms with Crippen LogP contribution in [0.2, 0.25) is 0 Å². The van der Waals surface area contributed by atoms with Crippen LogP contribution in [0.15, 0.2) is 29.2 Å². The summed E-state index contributed by atoms with van der Waals surface area (Å²) in [5, 5.41) is 0. The van der Waals surface area contributed by atoms with Gasteiger partial charge in [0, 0.05) is 6.04 Å². The molecule has 1 saturated carbocycles. The second-order valence-electron chi connectivity index (χ2n) is 5.53. The third-order valence-electron chi connectivity index (χ3n) is 3.98. The number of benzene rings is 1. The Hall–Kier alpha value is -1.40. The molecule has 0 aliphatic heterocycles. The van der Waals surface area contributed by atoms with Crippen LogP contribution in [0, 0.1) is 5.92 Å². The first-order valence-electron chi connectivity index (χ1n) is 7.10. The van der Waals surface area contributed by atoms with Crippen LogP contribution in [-0.4, -0.2) is 27.5 Å². The Morgan fingerprint density at radius 1 is 1.29 bits per heavy atom. The second kappa shape index (κ2) is 6.58. The molecule has 2 unspecified atom stereocenters. The molecule has 1 aliphatic rings. The minimum absolute atomic E-state index is 0.0183. The van der Waals surface area contributed by atoms with Crippen molar-refractivity contribution in [1.82, 2.24) is 4.72 Å². The normalized spacial score (nSPS) is 22.2. The Bertz CT molecular complexity index is 595. The van der Waals surface area contributed by atoms with Gasteiger partial charge in [-0.1, -0.05) is 25.5 Å². The number of rotatable bonds is 5. The van der Waals surface area contributed by atoms with Crippen LogP contribution in [0.25, 0.3) is 0 Å². The molecule has 21 heavy (non-hydrogen) atoms. The van der Waals surface area contributed by atoms with Crippen LogP contribution in [0.1, 0.15) is 31.7 Å². The van der Waals surface area contributed by atoms with E-state index < -0.39 is 10.0 Å². The SMILES string of the molecule is COC(=O)Cc1ccc(S(=O)(=O)NC2CCCC2C)cc1. The van der Waals surface area contributed by atoms with Crippen LogP contribution in [-0.2, 0) is 26.0 Å². The van der Waals surface area contributed by atoms with E-state index in [1.807, 2.05) is 0 Å². The van der Waals surface area contributed by atoms with E-state index in [-0.39, 0.29) is 23.3 Å². The number of carbonyl (C=O) groups is 1. The summed E-state index contributed by atoms with van der Waals surface area (Å²) in [4.78, 5) is 11.4. The van der Waals surface area contributed by atoms with Crippen molar-refractivity contribution in [2.75, 3.05) is 7.11 Å². The highest BCUT2D eigenvalue weighted by Gasteiger charge is 2.28. The van der Waals surface area contributed by atoms with Crippen molar-refractivity contribution in [3.63, 3.8) is 0 Å². The third-order valence-corrected chi connectivity index (χ3v) is 5.48. The topological polar surface area (TPSA) is 72.5 Å². The number of ether oxygens (including phenoxy) is 1. The van der Waals surface area contributed by atoms with E-state index in [0.29, 0.717) is 5.92 Å². The molecule has 2 rings (SSSR count). The molecule has 116 valence electrons. The molecule has 2 atom stereocenters. The van der Waals surface area contributed by atoms with Crippen LogP contribution >= 0.6 is 0 Å². The minimum atomic E-state index is -3.49. The van der Waals surface area contributed by atoms with Crippen LogP contribution in [0.5, 0.6) is 0 Å². The number of carbonyl (C=O) groups excluding carboxylic acids is 1. The van der Waals surface area contributed by atoms with Crippen molar-refractivity contribution in [2.24, 2.45) is 5.92 Å². The molecule has 0 heterocycles. The van der Waals surface area contributed by atoms with Gasteiger partial charge in [0.05, 0.1) is 18.4 Å². The summed E-state index contributed by atoms with van der Waals surface area (Å²) in [5.74, 6) is 0.0295. The van der Waals surface area contributed by atoms with Gasteiger partial charge in [0.15, 0.2) is 0 Å². The van der Waals surface area contributed by atoms with Crippen LogP contribution < -0.4 is 4.72 Å². The summed E-state index contributed by atoms with van der Waals surface area (Å²) < 4.78 is 32.0. The first kappa shape index (κ1) is 16.0. The van der Waals surface area contributed by atoms with Crippen molar-refractivity contribution < 1.29 is 17.9 Å². The Morgan fingerprint density at radius 3 is 2.48 bits per heavy atom. The molecule has 1 N–H and O–H groups in total. The van der Waals surface area contributed by atoms with Crippen molar-refractivity contribution in [3.8, 4) is 0 Å². The summed E-state index contributed by atoms with van der Waals surface area (Å²) in [7, 11) is -2.17. The summed E-state index contributed by atoms with van der Waals surface area (Å²) in [6.07, 6.45) is 3.16. The Kier molecular flexibility index (Phi) is 5.00. The molecular weight excluding hydrogens is 290 g/mol. The summed E-state index contributed by atoms with van der Waals surface area (Å²) >= 11 is 0. The molecule has 0 spiro atoms. The fourth-order valence-corrected chi connectivity index (χ4v) is 3.99. The standard InChI is InChI=1S/C15H21NO4S/c1-11-4-3-5-14(11)16-21(18,19)13-8-6-12(7-9-13)10-15(17)20-2/h6-9,11,14,16H,3-5,10H2,1-2H3.